The summed E-state index contributed by atoms with van der Waals surface area (Å²) in [6.45, 7) is 7.88. The first kappa shape index (κ1) is 12.7. The van der Waals surface area contributed by atoms with Crippen molar-refractivity contribution in [3.8, 4) is 0 Å². The van der Waals surface area contributed by atoms with Gasteiger partial charge in [0.05, 0.1) is 12.7 Å². The highest BCUT2D eigenvalue weighted by Crippen LogP contribution is 2.49. The molecule has 0 radical (unpaired) electrons. The quantitative estimate of drug-likeness (QED) is 0.671. The summed E-state index contributed by atoms with van der Waals surface area (Å²) in [5, 5.41) is 0. The van der Waals surface area contributed by atoms with Crippen LogP contribution in [0.4, 0.5) is 8.78 Å². The van der Waals surface area contributed by atoms with Gasteiger partial charge in [-0.25, -0.2) is 8.78 Å². The number of halogens is 2. The SMILES string of the molecule is CC(C)(C)CC12C/C(=C/F)CN1C/C(=C\F)C2. The molecule has 2 fully saturated rings. The highest BCUT2D eigenvalue weighted by molar-refractivity contribution is 5.27. The highest BCUT2D eigenvalue weighted by Gasteiger charge is 2.49. The van der Waals surface area contributed by atoms with E-state index >= 15 is 0 Å². The zero-order chi connectivity index (χ0) is 12.7. The Labute approximate surface area is 102 Å². The van der Waals surface area contributed by atoms with Gasteiger partial charge < -0.3 is 0 Å². The molecule has 0 aromatic carbocycles. The maximum atomic E-state index is 12.7. The Balaban J connectivity index is 2.26. The molecule has 2 aliphatic rings. The minimum atomic E-state index is -0.0475. The molecule has 2 aliphatic heterocycles. The molecule has 1 nitrogen and oxygen atoms in total. The van der Waals surface area contributed by atoms with E-state index in [-0.39, 0.29) is 11.0 Å². The van der Waals surface area contributed by atoms with Crippen LogP contribution in [0.15, 0.2) is 23.8 Å². The van der Waals surface area contributed by atoms with Crippen LogP contribution in [-0.4, -0.2) is 23.5 Å². The van der Waals surface area contributed by atoms with E-state index in [4.69, 9.17) is 0 Å². The molecule has 0 aromatic heterocycles. The third kappa shape index (κ3) is 2.44. The molecule has 2 heterocycles. The van der Waals surface area contributed by atoms with Crippen LogP contribution in [0.1, 0.15) is 40.0 Å². The molecule has 0 N–H and O–H groups in total. The van der Waals surface area contributed by atoms with Crippen LogP contribution < -0.4 is 0 Å². The van der Waals surface area contributed by atoms with Crippen molar-refractivity contribution in [1.82, 2.24) is 4.90 Å². The van der Waals surface area contributed by atoms with Crippen molar-refractivity contribution in [1.29, 1.82) is 0 Å². The molecule has 0 aromatic rings. The minimum absolute atomic E-state index is 0.0475. The Morgan fingerprint density at radius 2 is 1.59 bits per heavy atom. The van der Waals surface area contributed by atoms with Crippen LogP contribution in [0.2, 0.25) is 0 Å². The van der Waals surface area contributed by atoms with E-state index < -0.39 is 0 Å². The molecule has 0 amide bonds. The molecule has 0 atom stereocenters. The van der Waals surface area contributed by atoms with Crippen LogP contribution >= 0.6 is 0 Å². The summed E-state index contributed by atoms with van der Waals surface area (Å²) >= 11 is 0. The van der Waals surface area contributed by atoms with E-state index in [1.165, 1.54) is 0 Å². The largest absolute Gasteiger partial charge is 0.289 e. The van der Waals surface area contributed by atoms with Gasteiger partial charge in [-0.05, 0) is 35.8 Å². The van der Waals surface area contributed by atoms with Crippen molar-refractivity contribution in [3.05, 3.63) is 23.8 Å². The zero-order valence-corrected chi connectivity index (χ0v) is 10.9. The summed E-state index contributed by atoms with van der Waals surface area (Å²) in [5.41, 5.74) is 1.84. The van der Waals surface area contributed by atoms with Crippen LogP contribution in [0, 0.1) is 5.41 Å². The number of hydrogen-bond acceptors (Lipinski definition) is 1. The van der Waals surface area contributed by atoms with Crippen molar-refractivity contribution in [2.75, 3.05) is 13.1 Å². The lowest BCUT2D eigenvalue weighted by molar-refractivity contribution is 0.130. The molecule has 0 spiro atoms. The summed E-state index contributed by atoms with van der Waals surface area (Å²) in [5.74, 6) is 0. The lowest BCUT2D eigenvalue weighted by Crippen LogP contribution is -2.41. The predicted molar refractivity (Wildman–Crippen MR) is 66.0 cm³/mol. The number of nitrogens with zero attached hydrogens (tertiary/aromatic N) is 1. The smallest absolute Gasteiger partial charge is 0.0872 e. The minimum Gasteiger partial charge on any atom is -0.289 e. The zero-order valence-electron chi connectivity index (χ0n) is 10.9. The van der Waals surface area contributed by atoms with E-state index in [0.29, 0.717) is 13.1 Å². The first-order chi connectivity index (χ1) is 7.88. The Hall–Kier alpha value is -0.700. The average molecular weight is 241 g/mol. The van der Waals surface area contributed by atoms with Gasteiger partial charge in [-0.2, -0.15) is 0 Å². The van der Waals surface area contributed by atoms with E-state index in [0.717, 1.165) is 43.1 Å². The molecule has 0 aliphatic carbocycles. The monoisotopic (exact) mass is 241 g/mol. The maximum absolute atomic E-state index is 12.7. The van der Waals surface area contributed by atoms with E-state index in [1.54, 1.807) is 0 Å². The first-order valence-corrected chi connectivity index (χ1v) is 6.20. The molecule has 0 saturated carbocycles. The molecular formula is C14H21F2N. The fourth-order valence-electron chi connectivity index (χ4n) is 3.49. The third-order valence-electron chi connectivity index (χ3n) is 3.74. The van der Waals surface area contributed by atoms with Gasteiger partial charge in [-0.15, -0.1) is 0 Å². The fraction of sp³-hybridized carbons (Fsp3) is 0.714. The van der Waals surface area contributed by atoms with Gasteiger partial charge >= 0.3 is 0 Å². The van der Waals surface area contributed by atoms with Gasteiger partial charge in [-0.1, -0.05) is 20.8 Å². The fourth-order valence-corrected chi connectivity index (χ4v) is 3.49. The molecule has 96 valence electrons. The van der Waals surface area contributed by atoms with Gasteiger partial charge in [0.25, 0.3) is 0 Å². The summed E-state index contributed by atoms with van der Waals surface area (Å²) in [7, 11) is 0. The van der Waals surface area contributed by atoms with Crippen LogP contribution in [0.5, 0.6) is 0 Å². The molecule has 2 saturated heterocycles. The van der Waals surface area contributed by atoms with Crippen LogP contribution in [0.3, 0.4) is 0 Å². The number of rotatable bonds is 1. The van der Waals surface area contributed by atoms with E-state index in [9.17, 15) is 8.78 Å². The normalized spacial score (nSPS) is 34.9. The topological polar surface area (TPSA) is 3.24 Å². The molecule has 0 bridgehead atoms. The summed E-state index contributed by atoms with van der Waals surface area (Å²) in [4.78, 5) is 2.25. The second kappa shape index (κ2) is 4.20. The van der Waals surface area contributed by atoms with Gasteiger partial charge in [0, 0.05) is 18.6 Å². The standard InChI is InChI=1S/C14H21F2N/c1-13(2,3)10-14-4-11(6-15)8-17(14)9-12(5-14)7-16/h6-7H,4-5,8-10H2,1-3H3/b11-6-,12-7-. The van der Waals surface area contributed by atoms with Crippen molar-refractivity contribution in [2.45, 2.75) is 45.6 Å². The lowest BCUT2D eigenvalue weighted by atomic mass is 9.76. The Bertz CT molecular complexity index is 339. The second-order valence-corrected chi connectivity index (χ2v) is 6.71. The Kier molecular flexibility index (Phi) is 3.15. The lowest BCUT2D eigenvalue weighted by Gasteiger charge is -2.37. The van der Waals surface area contributed by atoms with Gasteiger partial charge in [0.15, 0.2) is 0 Å². The third-order valence-corrected chi connectivity index (χ3v) is 3.74. The Morgan fingerprint density at radius 3 is 1.94 bits per heavy atom. The number of fused-ring (bicyclic) bond motifs is 1. The predicted octanol–water partition coefficient (Wildman–Crippen LogP) is 3.98. The molecule has 17 heavy (non-hydrogen) atoms. The van der Waals surface area contributed by atoms with Crippen LogP contribution in [0.25, 0.3) is 0 Å². The Morgan fingerprint density at radius 1 is 1.12 bits per heavy atom. The van der Waals surface area contributed by atoms with Gasteiger partial charge in [-0.3, -0.25) is 4.90 Å². The average Bonchev–Trinajstić information content (AvgIpc) is 2.67. The molecule has 0 unspecified atom stereocenters. The summed E-state index contributed by atoms with van der Waals surface area (Å²) in [6.07, 6.45) is 3.95. The summed E-state index contributed by atoms with van der Waals surface area (Å²) < 4.78 is 25.4. The molecule has 3 heteroatoms. The van der Waals surface area contributed by atoms with Gasteiger partial charge in [0.1, 0.15) is 0 Å². The highest BCUT2D eigenvalue weighted by atomic mass is 19.1. The van der Waals surface area contributed by atoms with Crippen molar-refractivity contribution < 1.29 is 8.78 Å². The van der Waals surface area contributed by atoms with E-state index in [1.807, 2.05) is 0 Å². The first-order valence-electron chi connectivity index (χ1n) is 6.20. The number of hydrogen-bond donors (Lipinski definition) is 0. The molecular weight excluding hydrogens is 220 g/mol. The van der Waals surface area contributed by atoms with Crippen molar-refractivity contribution in [3.63, 3.8) is 0 Å². The van der Waals surface area contributed by atoms with Gasteiger partial charge in [0.2, 0.25) is 0 Å². The van der Waals surface area contributed by atoms with Crippen molar-refractivity contribution in [2.24, 2.45) is 5.41 Å². The molecule has 2 rings (SSSR count). The van der Waals surface area contributed by atoms with Crippen molar-refractivity contribution >= 4 is 0 Å². The van der Waals surface area contributed by atoms with E-state index in [2.05, 4.69) is 25.7 Å². The maximum Gasteiger partial charge on any atom is 0.0872 e. The van der Waals surface area contributed by atoms with Crippen LogP contribution in [-0.2, 0) is 0 Å². The summed E-state index contributed by atoms with van der Waals surface area (Å²) in [6, 6.07) is 0. The second-order valence-electron chi connectivity index (χ2n) is 6.71.